The van der Waals surface area contributed by atoms with E-state index in [1.54, 1.807) is 6.20 Å². The van der Waals surface area contributed by atoms with Crippen molar-refractivity contribution in [1.82, 2.24) is 15.2 Å². The predicted molar refractivity (Wildman–Crippen MR) is 96.0 cm³/mol. The van der Waals surface area contributed by atoms with Gasteiger partial charge in [-0.05, 0) is 50.6 Å². The molecular weight excluding hydrogens is 341 g/mol. The van der Waals surface area contributed by atoms with E-state index < -0.39 is 11.7 Å². The summed E-state index contributed by atoms with van der Waals surface area (Å²) in [7, 11) is 0. The number of piperidine rings is 1. The molecule has 1 aromatic carbocycles. The van der Waals surface area contributed by atoms with Crippen LogP contribution in [0.4, 0.5) is 4.39 Å². The molecular formula is C19H21ClFN3O. The predicted octanol–water partition coefficient (Wildman–Crippen LogP) is 3.66. The van der Waals surface area contributed by atoms with Crippen molar-refractivity contribution in [2.75, 3.05) is 6.54 Å². The van der Waals surface area contributed by atoms with Crippen LogP contribution in [0.3, 0.4) is 0 Å². The molecule has 6 heteroatoms. The van der Waals surface area contributed by atoms with Crippen molar-refractivity contribution in [3.63, 3.8) is 0 Å². The lowest BCUT2D eigenvalue weighted by atomic mass is 9.96. The van der Waals surface area contributed by atoms with Gasteiger partial charge in [0.2, 0.25) is 0 Å². The molecule has 1 fully saturated rings. The van der Waals surface area contributed by atoms with E-state index in [1.807, 2.05) is 18.2 Å². The molecule has 25 heavy (non-hydrogen) atoms. The van der Waals surface area contributed by atoms with Gasteiger partial charge < -0.3 is 5.32 Å². The Bertz CT molecular complexity index is 720. The molecule has 2 aromatic rings. The molecule has 4 nitrogen and oxygen atoms in total. The minimum absolute atomic E-state index is 0.0550. The Kier molecular flexibility index (Phi) is 5.66. The third-order valence-corrected chi connectivity index (χ3v) is 5.03. The van der Waals surface area contributed by atoms with Crippen LogP contribution >= 0.6 is 11.6 Å². The van der Waals surface area contributed by atoms with Crippen LogP contribution in [0, 0.1) is 5.82 Å². The second-order valence-electron chi connectivity index (χ2n) is 6.35. The fraction of sp³-hybridized carbons (Fsp3) is 0.368. The molecule has 0 bridgehead atoms. The van der Waals surface area contributed by atoms with Crippen molar-refractivity contribution in [3.8, 4) is 0 Å². The van der Waals surface area contributed by atoms with E-state index >= 15 is 0 Å². The van der Waals surface area contributed by atoms with E-state index in [2.05, 4.69) is 22.1 Å². The smallest absolute Gasteiger partial charge is 0.256 e. The number of carbonyl (C=O) groups is 1. The van der Waals surface area contributed by atoms with Crippen molar-refractivity contribution in [3.05, 3.63) is 64.7 Å². The Balaban J connectivity index is 1.69. The number of halogens is 2. The van der Waals surface area contributed by atoms with E-state index in [1.165, 1.54) is 18.2 Å². The number of hydrogen-bond acceptors (Lipinski definition) is 3. The zero-order chi connectivity index (χ0) is 17.8. The number of carbonyl (C=O) groups excluding carboxylic acids is 1. The molecule has 2 unspecified atom stereocenters. The van der Waals surface area contributed by atoms with Gasteiger partial charge in [-0.2, -0.15) is 0 Å². The second kappa shape index (κ2) is 7.93. The molecule has 1 aliphatic rings. The first-order valence-corrected chi connectivity index (χ1v) is 8.83. The van der Waals surface area contributed by atoms with Crippen molar-refractivity contribution in [1.29, 1.82) is 0 Å². The summed E-state index contributed by atoms with van der Waals surface area (Å²) in [6.45, 7) is 3.76. The van der Waals surface area contributed by atoms with Gasteiger partial charge >= 0.3 is 0 Å². The van der Waals surface area contributed by atoms with E-state index in [-0.39, 0.29) is 22.7 Å². The highest BCUT2D eigenvalue weighted by Crippen LogP contribution is 2.22. The Hall–Kier alpha value is -1.98. The van der Waals surface area contributed by atoms with Gasteiger partial charge in [0.1, 0.15) is 5.82 Å². The summed E-state index contributed by atoms with van der Waals surface area (Å²) in [4.78, 5) is 19.2. The number of hydrogen-bond donors (Lipinski definition) is 1. The van der Waals surface area contributed by atoms with Crippen LogP contribution in [0.2, 0.25) is 5.02 Å². The molecule has 0 radical (unpaired) electrons. The molecule has 132 valence electrons. The Morgan fingerprint density at radius 2 is 2.20 bits per heavy atom. The van der Waals surface area contributed by atoms with E-state index in [0.717, 1.165) is 31.6 Å². The molecule has 0 spiro atoms. The Labute approximate surface area is 152 Å². The summed E-state index contributed by atoms with van der Waals surface area (Å²) in [6, 6.07) is 10.2. The third kappa shape index (κ3) is 4.17. The molecule has 2 atom stereocenters. The number of aromatic nitrogens is 1. The lowest BCUT2D eigenvalue weighted by Gasteiger charge is -2.39. The van der Waals surface area contributed by atoms with Gasteiger partial charge in [-0.1, -0.05) is 23.7 Å². The number of nitrogens with one attached hydrogen (secondary N) is 1. The molecule has 0 aliphatic carbocycles. The van der Waals surface area contributed by atoms with E-state index in [4.69, 9.17) is 11.6 Å². The van der Waals surface area contributed by atoms with Crippen LogP contribution in [0.25, 0.3) is 0 Å². The third-order valence-electron chi connectivity index (χ3n) is 4.72. The minimum atomic E-state index is -0.598. The molecule has 3 rings (SSSR count). The molecule has 0 saturated carbocycles. The summed E-state index contributed by atoms with van der Waals surface area (Å²) < 4.78 is 14.0. The van der Waals surface area contributed by atoms with Gasteiger partial charge in [0, 0.05) is 24.8 Å². The first-order chi connectivity index (χ1) is 12.1. The Morgan fingerprint density at radius 3 is 2.92 bits per heavy atom. The van der Waals surface area contributed by atoms with E-state index in [9.17, 15) is 9.18 Å². The summed E-state index contributed by atoms with van der Waals surface area (Å²) in [6.07, 6.45) is 3.61. The highest BCUT2D eigenvalue weighted by molar-refractivity contribution is 6.33. The maximum Gasteiger partial charge on any atom is 0.256 e. The van der Waals surface area contributed by atoms with Gasteiger partial charge in [0.05, 0.1) is 16.3 Å². The van der Waals surface area contributed by atoms with Crippen LogP contribution in [-0.2, 0) is 6.54 Å². The fourth-order valence-electron chi connectivity index (χ4n) is 3.28. The quantitative estimate of drug-likeness (QED) is 0.904. The number of likely N-dealkylation sites (tertiary alicyclic amines) is 1. The van der Waals surface area contributed by atoms with Crippen molar-refractivity contribution in [2.45, 2.75) is 38.4 Å². The zero-order valence-corrected chi connectivity index (χ0v) is 14.8. The van der Waals surface area contributed by atoms with Crippen molar-refractivity contribution in [2.24, 2.45) is 0 Å². The summed E-state index contributed by atoms with van der Waals surface area (Å²) in [5.74, 6) is -1.06. The first kappa shape index (κ1) is 17.8. The van der Waals surface area contributed by atoms with Gasteiger partial charge in [-0.3, -0.25) is 14.7 Å². The summed E-state index contributed by atoms with van der Waals surface area (Å²) >= 11 is 5.99. The molecule has 2 heterocycles. The van der Waals surface area contributed by atoms with Gasteiger partial charge in [0.15, 0.2) is 0 Å². The molecule has 1 amide bonds. The standard InChI is InChI=1S/C19H21ClFN3O/c1-13-17(23-19(25)18-15(20)7-4-8-16(18)21)9-5-11-24(13)12-14-6-2-3-10-22-14/h2-4,6-8,10,13,17H,5,9,11-12H2,1H3,(H,23,25). The number of amides is 1. The minimum Gasteiger partial charge on any atom is -0.348 e. The maximum atomic E-state index is 14.0. The van der Waals surface area contributed by atoms with Crippen molar-refractivity contribution >= 4 is 17.5 Å². The largest absolute Gasteiger partial charge is 0.348 e. The number of rotatable bonds is 4. The van der Waals surface area contributed by atoms with E-state index in [0.29, 0.717) is 0 Å². The average molecular weight is 362 g/mol. The lowest BCUT2D eigenvalue weighted by molar-refractivity contribution is 0.0810. The Morgan fingerprint density at radius 1 is 1.36 bits per heavy atom. The molecule has 1 N–H and O–H groups in total. The SMILES string of the molecule is CC1C(NC(=O)c2c(F)cccc2Cl)CCCN1Cc1ccccn1. The lowest BCUT2D eigenvalue weighted by Crippen LogP contribution is -2.53. The van der Waals surface area contributed by atoms with Gasteiger partial charge in [0.25, 0.3) is 5.91 Å². The van der Waals surface area contributed by atoms with Crippen LogP contribution in [0.15, 0.2) is 42.6 Å². The van der Waals surface area contributed by atoms with Gasteiger partial charge in [-0.25, -0.2) is 4.39 Å². The number of pyridine rings is 1. The monoisotopic (exact) mass is 361 g/mol. The average Bonchev–Trinajstić information content (AvgIpc) is 2.59. The molecule has 1 saturated heterocycles. The fourth-order valence-corrected chi connectivity index (χ4v) is 3.53. The molecule has 1 aromatic heterocycles. The maximum absolute atomic E-state index is 14.0. The highest BCUT2D eigenvalue weighted by Gasteiger charge is 2.30. The zero-order valence-electron chi connectivity index (χ0n) is 14.1. The second-order valence-corrected chi connectivity index (χ2v) is 6.76. The first-order valence-electron chi connectivity index (χ1n) is 8.45. The summed E-state index contributed by atoms with van der Waals surface area (Å²) in [5.41, 5.74) is 0.914. The molecule has 1 aliphatic heterocycles. The van der Waals surface area contributed by atoms with Crippen LogP contribution < -0.4 is 5.32 Å². The van der Waals surface area contributed by atoms with Crippen LogP contribution in [-0.4, -0.2) is 34.4 Å². The number of benzene rings is 1. The number of nitrogens with zero attached hydrogens (tertiary/aromatic N) is 2. The normalized spacial score (nSPS) is 21.1. The highest BCUT2D eigenvalue weighted by atomic mass is 35.5. The topological polar surface area (TPSA) is 45.2 Å². The van der Waals surface area contributed by atoms with Crippen molar-refractivity contribution < 1.29 is 9.18 Å². The van der Waals surface area contributed by atoms with Crippen LogP contribution in [0.1, 0.15) is 35.8 Å². The summed E-state index contributed by atoms with van der Waals surface area (Å²) in [5, 5.41) is 3.09. The van der Waals surface area contributed by atoms with Crippen LogP contribution in [0.5, 0.6) is 0 Å². The van der Waals surface area contributed by atoms with Gasteiger partial charge in [-0.15, -0.1) is 0 Å².